The van der Waals surface area contributed by atoms with Gasteiger partial charge in [0.15, 0.2) is 0 Å². The molecule has 0 saturated heterocycles. The lowest BCUT2D eigenvalue weighted by molar-refractivity contribution is -0.0925. The first kappa shape index (κ1) is 21.9. The zero-order valence-electron chi connectivity index (χ0n) is 15.7. The number of halogens is 3. The summed E-state index contributed by atoms with van der Waals surface area (Å²) in [6.45, 7) is 2.20. The maximum atomic E-state index is 12.5. The zero-order chi connectivity index (χ0) is 20.6. The number of aromatic nitrogens is 1. The van der Waals surface area contributed by atoms with E-state index in [-0.39, 0.29) is 11.4 Å². The van der Waals surface area contributed by atoms with Crippen molar-refractivity contribution in [3.8, 4) is 0 Å². The number of pyridine rings is 1. The second kappa shape index (κ2) is 10.2. The summed E-state index contributed by atoms with van der Waals surface area (Å²) >= 11 is 1.74. The molecule has 0 saturated carbocycles. The van der Waals surface area contributed by atoms with Crippen LogP contribution in [0.3, 0.4) is 0 Å². The van der Waals surface area contributed by atoms with E-state index in [1.807, 2.05) is 12.2 Å². The second-order valence-electron chi connectivity index (χ2n) is 6.43. The first-order chi connectivity index (χ1) is 13.3. The van der Waals surface area contributed by atoms with E-state index >= 15 is 0 Å². The van der Waals surface area contributed by atoms with Crippen LogP contribution < -0.4 is 5.73 Å². The van der Waals surface area contributed by atoms with Crippen LogP contribution in [0.5, 0.6) is 0 Å². The molecule has 2 aromatic rings. The summed E-state index contributed by atoms with van der Waals surface area (Å²) in [5.41, 5.74) is 4.17. The van der Waals surface area contributed by atoms with Gasteiger partial charge >= 0.3 is 6.18 Å². The lowest BCUT2D eigenvalue weighted by Gasteiger charge is -2.06. The molecule has 3 nitrogen and oxygen atoms in total. The van der Waals surface area contributed by atoms with Gasteiger partial charge in [0.2, 0.25) is 0 Å². The lowest BCUT2D eigenvalue weighted by Crippen LogP contribution is -2.20. The fourth-order valence-corrected chi connectivity index (χ4v) is 3.49. The number of unbranched alkanes of at least 4 members (excludes halogenated alkanes) is 3. The number of nitrogens with two attached hydrogens (primary N) is 1. The number of hydrogen-bond acceptors (Lipinski definition) is 4. The minimum Gasteiger partial charge on any atom is -0.395 e. The SMILES string of the molecule is CCCCCCc1ccc(/C=C/c2ccnc(C(=N)C=C(N)C(F)(F)F)c2)s1. The monoisotopic (exact) mass is 407 g/mol. The molecule has 0 unspecified atom stereocenters. The fourth-order valence-electron chi connectivity index (χ4n) is 2.53. The largest absolute Gasteiger partial charge is 0.430 e. The summed E-state index contributed by atoms with van der Waals surface area (Å²) in [5, 5.41) is 7.79. The Hall–Kier alpha value is -2.41. The van der Waals surface area contributed by atoms with Gasteiger partial charge in [0, 0.05) is 16.0 Å². The Kier molecular flexibility index (Phi) is 7.99. The van der Waals surface area contributed by atoms with Crippen molar-refractivity contribution in [2.45, 2.75) is 45.2 Å². The van der Waals surface area contributed by atoms with E-state index in [1.54, 1.807) is 23.5 Å². The summed E-state index contributed by atoms with van der Waals surface area (Å²) in [5.74, 6) is 0. The molecule has 0 aliphatic carbocycles. The summed E-state index contributed by atoms with van der Waals surface area (Å²) in [4.78, 5) is 6.42. The molecule has 150 valence electrons. The Labute approximate surface area is 167 Å². The van der Waals surface area contributed by atoms with Gasteiger partial charge in [0.05, 0.1) is 11.4 Å². The first-order valence-electron chi connectivity index (χ1n) is 9.15. The molecule has 0 aliphatic heterocycles. The first-order valence-corrected chi connectivity index (χ1v) is 9.97. The second-order valence-corrected chi connectivity index (χ2v) is 7.63. The number of alkyl halides is 3. The van der Waals surface area contributed by atoms with Crippen LogP contribution in [-0.2, 0) is 6.42 Å². The zero-order valence-corrected chi connectivity index (χ0v) is 16.5. The number of aryl methyl sites for hydroxylation is 1. The highest BCUT2D eigenvalue weighted by Gasteiger charge is 2.31. The third-order valence-electron chi connectivity index (χ3n) is 4.09. The van der Waals surface area contributed by atoms with Gasteiger partial charge in [-0.05, 0) is 54.8 Å². The van der Waals surface area contributed by atoms with Crippen LogP contribution in [0.25, 0.3) is 12.2 Å². The minimum atomic E-state index is -4.66. The standard InChI is InChI=1S/C21H24F3N3S/c1-2-3-4-5-6-16-9-10-17(28-16)8-7-15-11-12-27-19(13-15)18(25)14-20(26)21(22,23)24/h7-14,25H,2-6,26H2,1H3/b8-7+,20-14?,25-18?. The summed E-state index contributed by atoms with van der Waals surface area (Å²) in [6, 6.07) is 7.50. The van der Waals surface area contributed by atoms with Crippen LogP contribution in [0.2, 0.25) is 0 Å². The predicted molar refractivity (Wildman–Crippen MR) is 110 cm³/mol. The van der Waals surface area contributed by atoms with Gasteiger partial charge in [-0.15, -0.1) is 11.3 Å². The number of allylic oxidation sites excluding steroid dienone is 2. The molecular formula is C21H24F3N3S. The van der Waals surface area contributed by atoms with Crippen molar-refractivity contribution in [1.29, 1.82) is 5.41 Å². The fraction of sp³-hybridized carbons (Fsp3) is 0.333. The number of nitrogens with one attached hydrogen (secondary N) is 1. The Morgan fingerprint density at radius 2 is 1.96 bits per heavy atom. The quantitative estimate of drug-likeness (QED) is 0.383. The molecule has 2 rings (SSSR count). The van der Waals surface area contributed by atoms with Gasteiger partial charge in [-0.25, -0.2) is 0 Å². The van der Waals surface area contributed by atoms with E-state index in [0.29, 0.717) is 6.08 Å². The third-order valence-corrected chi connectivity index (χ3v) is 5.20. The van der Waals surface area contributed by atoms with Gasteiger partial charge in [0.1, 0.15) is 5.70 Å². The van der Waals surface area contributed by atoms with E-state index < -0.39 is 11.9 Å². The van der Waals surface area contributed by atoms with Crippen molar-refractivity contribution in [2.24, 2.45) is 5.73 Å². The molecule has 0 radical (unpaired) electrons. The van der Waals surface area contributed by atoms with Crippen LogP contribution in [0, 0.1) is 5.41 Å². The third kappa shape index (κ3) is 6.96. The molecule has 0 bridgehead atoms. The highest BCUT2D eigenvalue weighted by Crippen LogP contribution is 2.23. The van der Waals surface area contributed by atoms with Crippen molar-refractivity contribution >= 4 is 29.2 Å². The van der Waals surface area contributed by atoms with Crippen molar-refractivity contribution in [2.75, 3.05) is 0 Å². The lowest BCUT2D eigenvalue weighted by atomic mass is 10.1. The number of thiophene rings is 1. The van der Waals surface area contributed by atoms with Gasteiger partial charge in [-0.3, -0.25) is 10.4 Å². The molecule has 0 atom stereocenters. The van der Waals surface area contributed by atoms with Crippen LogP contribution in [-0.4, -0.2) is 16.9 Å². The minimum absolute atomic E-state index is 0.136. The maximum Gasteiger partial charge on any atom is 0.430 e. The topological polar surface area (TPSA) is 62.8 Å². The molecule has 28 heavy (non-hydrogen) atoms. The van der Waals surface area contributed by atoms with Crippen LogP contribution >= 0.6 is 11.3 Å². The van der Waals surface area contributed by atoms with Crippen LogP contribution in [0.1, 0.15) is 53.6 Å². The maximum absolute atomic E-state index is 12.5. The van der Waals surface area contributed by atoms with Crippen molar-refractivity contribution in [1.82, 2.24) is 4.98 Å². The van der Waals surface area contributed by atoms with Crippen molar-refractivity contribution in [3.05, 3.63) is 63.2 Å². The van der Waals surface area contributed by atoms with E-state index in [1.165, 1.54) is 36.8 Å². The van der Waals surface area contributed by atoms with Gasteiger partial charge < -0.3 is 5.73 Å². The average molecular weight is 408 g/mol. The molecule has 2 heterocycles. The number of hydrogen-bond donors (Lipinski definition) is 2. The normalized spacial score (nSPS) is 12.6. The Bertz CT molecular complexity index is 851. The molecule has 0 aromatic carbocycles. The molecule has 7 heteroatoms. The van der Waals surface area contributed by atoms with E-state index in [0.717, 1.165) is 16.9 Å². The molecule has 0 spiro atoms. The molecular weight excluding hydrogens is 383 g/mol. The average Bonchev–Trinajstić information content (AvgIpc) is 3.11. The smallest absolute Gasteiger partial charge is 0.395 e. The van der Waals surface area contributed by atoms with Gasteiger partial charge in [0.25, 0.3) is 0 Å². The Morgan fingerprint density at radius 3 is 2.68 bits per heavy atom. The van der Waals surface area contributed by atoms with Gasteiger partial charge in [-0.2, -0.15) is 13.2 Å². The predicted octanol–water partition coefficient (Wildman–Crippen LogP) is 6.21. The van der Waals surface area contributed by atoms with Crippen molar-refractivity contribution in [3.63, 3.8) is 0 Å². The molecule has 2 aromatic heterocycles. The van der Waals surface area contributed by atoms with E-state index in [4.69, 9.17) is 11.1 Å². The summed E-state index contributed by atoms with van der Waals surface area (Å²) in [7, 11) is 0. The highest BCUT2D eigenvalue weighted by atomic mass is 32.1. The van der Waals surface area contributed by atoms with Gasteiger partial charge in [-0.1, -0.05) is 32.3 Å². The van der Waals surface area contributed by atoms with E-state index in [9.17, 15) is 13.2 Å². The number of nitrogens with zero attached hydrogens (tertiary/aromatic N) is 1. The van der Waals surface area contributed by atoms with Crippen LogP contribution in [0.15, 0.2) is 42.2 Å². The Balaban J connectivity index is 2.03. The summed E-state index contributed by atoms with van der Waals surface area (Å²) in [6.07, 6.45) is 7.24. The molecule has 0 aliphatic rings. The molecule has 0 fully saturated rings. The van der Waals surface area contributed by atoms with Crippen molar-refractivity contribution < 1.29 is 13.2 Å². The van der Waals surface area contributed by atoms with Crippen LogP contribution in [0.4, 0.5) is 13.2 Å². The molecule has 3 N–H and O–H groups in total. The Morgan fingerprint density at radius 1 is 1.18 bits per heavy atom. The highest BCUT2D eigenvalue weighted by molar-refractivity contribution is 7.12. The summed E-state index contributed by atoms with van der Waals surface area (Å²) < 4.78 is 37.5. The van der Waals surface area contributed by atoms with E-state index in [2.05, 4.69) is 24.0 Å². The molecule has 0 amide bonds. The number of rotatable bonds is 9.